The number of carboxylic acid groups (broad SMARTS) is 1. The van der Waals surface area contributed by atoms with Crippen LogP contribution >= 0.6 is 11.3 Å². The lowest BCUT2D eigenvalue weighted by Gasteiger charge is -2.15. The van der Waals surface area contributed by atoms with Gasteiger partial charge in [-0.3, -0.25) is 9.78 Å². The molecular weight excluding hydrogens is 545 g/mol. The van der Waals surface area contributed by atoms with Crippen molar-refractivity contribution in [1.29, 1.82) is 0 Å². The predicted octanol–water partition coefficient (Wildman–Crippen LogP) is 4.72. The number of hydrogen-bond acceptors (Lipinski definition) is 8. The van der Waals surface area contributed by atoms with Gasteiger partial charge in [-0.25, -0.2) is 8.42 Å². The molecule has 0 spiro atoms. The van der Waals surface area contributed by atoms with Crippen molar-refractivity contribution in [2.45, 2.75) is 34.8 Å². The van der Waals surface area contributed by atoms with E-state index in [1.54, 1.807) is 30.6 Å². The second-order valence-electron chi connectivity index (χ2n) is 8.67. The van der Waals surface area contributed by atoms with Crippen LogP contribution in [-0.2, 0) is 27.5 Å². The van der Waals surface area contributed by atoms with Gasteiger partial charge in [-0.2, -0.15) is 17.9 Å². The monoisotopic (exact) mass is 564 g/mol. The highest BCUT2D eigenvalue weighted by Gasteiger charge is 2.63. The van der Waals surface area contributed by atoms with E-state index < -0.39 is 39.4 Å². The first-order valence-corrected chi connectivity index (χ1v) is 13.4. The Kier molecular flexibility index (Phi) is 6.49. The van der Waals surface area contributed by atoms with E-state index in [4.69, 9.17) is 0 Å². The minimum absolute atomic E-state index is 0.0318. The van der Waals surface area contributed by atoms with Crippen LogP contribution in [0.3, 0.4) is 0 Å². The summed E-state index contributed by atoms with van der Waals surface area (Å²) in [6.07, 6.45) is -1.32. The van der Waals surface area contributed by atoms with Crippen molar-refractivity contribution >= 4 is 33.0 Å². The van der Waals surface area contributed by atoms with Crippen LogP contribution in [0, 0.1) is 0 Å². The number of halogens is 3. The van der Waals surface area contributed by atoms with Crippen LogP contribution in [0.15, 0.2) is 75.7 Å². The quantitative estimate of drug-likeness (QED) is 0.266. The third-order valence-corrected chi connectivity index (χ3v) is 9.17. The Bertz CT molecular complexity index is 1590. The van der Waals surface area contributed by atoms with E-state index >= 15 is 0 Å². The summed E-state index contributed by atoms with van der Waals surface area (Å²) < 4.78 is 71.0. The van der Waals surface area contributed by atoms with E-state index in [-0.39, 0.29) is 21.2 Å². The molecule has 3 N–H and O–H groups in total. The van der Waals surface area contributed by atoms with Gasteiger partial charge in [-0.1, -0.05) is 23.4 Å². The first-order chi connectivity index (χ1) is 18.0. The Balaban J connectivity index is 1.33. The number of pyridine rings is 1. The Morgan fingerprint density at radius 2 is 2.00 bits per heavy atom. The third kappa shape index (κ3) is 5.14. The number of anilines is 1. The van der Waals surface area contributed by atoms with Crippen LogP contribution < -0.4 is 10.0 Å². The molecule has 0 aliphatic heterocycles. The van der Waals surface area contributed by atoms with E-state index in [1.807, 2.05) is 18.2 Å². The molecular formula is C24H19F3N4O5S2. The fraction of sp³-hybridized carbons (Fsp3) is 0.208. The molecule has 0 saturated heterocycles. The van der Waals surface area contributed by atoms with Gasteiger partial charge < -0.3 is 14.9 Å². The van der Waals surface area contributed by atoms with Crippen molar-refractivity contribution in [3.8, 4) is 10.6 Å². The Hall–Kier alpha value is -3.75. The number of rotatable bonds is 9. The molecule has 14 heteroatoms. The smallest absolute Gasteiger partial charge is 0.452 e. The van der Waals surface area contributed by atoms with Crippen molar-refractivity contribution in [1.82, 2.24) is 14.9 Å². The summed E-state index contributed by atoms with van der Waals surface area (Å²) in [5, 5.41) is 16.5. The van der Waals surface area contributed by atoms with Gasteiger partial charge in [0.15, 0.2) is 0 Å². The van der Waals surface area contributed by atoms with E-state index in [9.17, 15) is 31.5 Å². The molecule has 2 atom stereocenters. The molecule has 1 aromatic carbocycles. The summed E-state index contributed by atoms with van der Waals surface area (Å²) in [6, 6.07) is 13.9. The number of nitrogens with one attached hydrogen (secondary N) is 2. The zero-order chi connectivity index (χ0) is 27.1. The van der Waals surface area contributed by atoms with Crippen molar-refractivity contribution in [3.05, 3.63) is 83.9 Å². The van der Waals surface area contributed by atoms with Crippen LogP contribution in [0.2, 0.25) is 0 Å². The molecule has 38 heavy (non-hydrogen) atoms. The number of carboxylic acids is 1. The Morgan fingerprint density at radius 3 is 2.68 bits per heavy atom. The summed E-state index contributed by atoms with van der Waals surface area (Å²) in [4.78, 5) is 16.4. The van der Waals surface area contributed by atoms with Gasteiger partial charge in [0.2, 0.25) is 5.76 Å². The van der Waals surface area contributed by atoms with Crippen molar-refractivity contribution < 1.29 is 36.0 Å². The van der Waals surface area contributed by atoms with E-state index in [0.717, 1.165) is 11.3 Å². The summed E-state index contributed by atoms with van der Waals surface area (Å²) >= 11 is 0.653. The number of carbonyl (C=O) groups is 1. The molecule has 5 rings (SSSR count). The standard InChI is InChI=1S/C24H19F3N4O5S2/c25-24(26,27)20-10-18(30-36-20)19-6-7-21(37-19)38(34,35)31-23(22(32)33)11-17(23)15-4-1-5-16(9-15)29-13-14-3-2-8-28-12-14/h1-10,12,17,29,31H,11,13H2,(H,32,33)/t17-,23+/m0/s1. The molecule has 9 nitrogen and oxygen atoms in total. The molecule has 0 bridgehead atoms. The van der Waals surface area contributed by atoms with Crippen LogP contribution in [-0.4, -0.2) is 35.2 Å². The average molecular weight is 565 g/mol. The molecule has 1 fully saturated rings. The first kappa shape index (κ1) is 25.9. The van der Waals surface area contributed by atoms with E-state index in [2.05, 4.69) is 24.7 Å². The van der Waals surface area contributed by atoms with Gasteiger partial charge >= 0.3 is 12.1 Å². The largest absolute Gasteiger partial charge is 0.480 e. The molecule has 0 radical (unpaired) electrons. The van der Waals surface area contributed by atoms with Crippen LogP contribution in [0.4, 0.5) is 18.9 Å². The lowest BCUT2D eigenvalue weighted by atomic mass is 10.1. The van der Waals surface area contributed by atoms with Gasteiger partial charge in [-0.15, -0.1) is 11.3 Å². The van der Waals surface area contributed by atoms with Gasteiger partial charge in [-0.05, 0) is 47.9 Å². The van der Waals surface area contributed by atoms with Crippen LogP contribution in [0.5, 0.6) is 0 Å². The third-order valence-electron chi connectivity index (χ3n) is 6.06. The average Bonchev–Trinajstić information content (AvgIpc) is 3.22. The Labute approximate surface area is 218 Å². The number of nitrogens with zero attached hydrogens (tertiary/aromatic N) is 2. The maximum Gasteiger partial charge on any atom is 0.452 e. The zero-order valence-corrected chi connectivity index (χ0v) is 20.9. The molecule has 1 aliphatic rings. The summed E-state index contributed by atoms with van der Waals surface area (Å²) in [7, 11) is -4.32. The second-order valence-corrected chi connectivity index (χ2v) is 11.7. The van der Waals surface area contributed by atoms with Crippen molar-refractivity contribution in [3.63, 3.8) is 0 Å². The predicted molar refractivity (Wildman–Crippen MR) is 131 cm³/mol. The molecule has 3 heterocycles. The van der Waals surface area contributed by atoms with Crippen molar-refractivity contribution in [2.75, 3.05) is 5.32 Å². The number of thiophene rings is 1. The number of alkyl halides is 3. The normalized spacial score (nSPS) is 19.3. The van der Waals surface area contributed by atoms with Gasteiger partial charge in [0.05, 0.1) is 4.88 Å². The number of aliphatic carboxylic acids is 1. The molecule has 4 aromatic rings. The molecule has 1 aliphatic carbocycles. The highest BCUT2D eigenvalue weighted by molar-refractivity contribution is 7.91. The van der Waals surface area contributed by atoms with Crippen LogP contribution in [0.25, 0.3) is 10.6 Å². The molecule has 1 saturated carbocycles. The van der Waals surface area contributed by atoms with E-state index in [0.29, 0.717) is 29.5 Å². The minimum atomic E-state index is -4.74. The topological polar surface area (TPSA) is 134 Å². The van der Waals surface area contributed by atoms with Crippen molar-refractivity contribution in [2.24, 2.45) is 0 Å². The highest BCUT2D eigenvalue weighted by Crippen LogP contribution is 2.53. The SMILES string of the molecule is O=C(O)[C@@]1(NS(=O)(=O)c2ccc(-c3cc(C(F)(F)F)on3)s2)C[C@H]1c1cccc(NCc2cccnc2)c1. The number of hydrogen-bond donors (Lipinski definition) is 3. The van der Waals surface area contributed by atoms with E-state index in [1.165, 1.54) is 12.1 Å². The van der Waals surface area contributed by atoms with Crippen LogP contribution in [0.1, 0.15) is 29.2 Å². The molecule has 198 valence electrons. The molecule has 0 unspecified atom stereocenters. The number of aromatic nitrogens is 2. The number of benzene rings is 1. The van der Waals surface area contributed by atoms with Gasteiger partial charge in [0.25, 0.3) is 10.0 Å². The molecule has 3 aromatic heterocycles. The fourth-order valence-electron chi connectivity index (χ4n) is 4.05. The zero-order valence-electron chi connectivity index (χ0n) is 19.3. The Morgan fingerprint density at radius 1 is 1.18 bits per heavy atom. The number of sulfonamides is 1. The maximum atomic E-state index is 13.1. The molecule has 0 amide bonds. The van der Waals surface area contributed by atoms with Gasteiger partial charge in [0.1, 0.15) is 15.4 Å². The second kappa shape index (κ2) is 9.53. The summed E-state index contributed by atoms with van der Waals surface area (Å²) in [5.41, 5.74) is 0.376. The lowest BCUT2D eigenvalue weighted by molar-refractivity contribution is -0.155. The lowest BCUT2D eigenvalue weighted by Crippen LogP contribution is -2.44. The minimum Gasteiger partial charge on any atom is -0.480 e. The fourth-order valence-corrected chi connectivity index (χ4v) is 6.71. The summed E-state index contributed by atoms with van der Waals surface area (Å²) in [5.74, 6) is -3.27. The maximum absolute atomic E-state index is 13.1. The first-order valence-electron chi connectivity index (χ1n) is 11.1. The highest BCUT2D eigenvalue weighted by atomic mass is 32.2. The summed E-state index contributed by atoms with van der Waals surface area (Å²) in [6.45, 7) is 0.495. The van der Waals surface area contributed by atoms with Gasteiger partial charge in [0, 0.05) is 36.6 Å².